The lowest BCUT2D eigenvalue weighted by atomic mass is 10.2. The molecule has 0 amide bonds. The highest BCUT2D eigenvalue weighted by Crippen LogP contribution is 2.25. The topological polar surface area (TPSA) is 32.5 Å². The summed E-state index contributed by atoms with van der Waals surface area (Å²) in [5.41, 5.74) is 7.63. The molecule has 1 aromatic carbocycles. The lowest BCUT2D eigenvalue weighted by Crippen LogP contribution is -2.49. The van der Waals surface area contributed by atoms with Gasteiger partial charge in [-0.1, -0.05) is 22.0 Å². The van der Waals surface area contributed by atoms with Crippen LogP contribution in [-0.2, 0) is 6.54 Å². The van der Waals surface area contributed by atoms with Gasteiger partial charge in [0.1, 0.15) is 0 Å². The van der Waals surface area contributed by atoms with E-state index in [1.54, 1.807) is 0 Å². The Morgan fingerprint density at radius 3 is 2.30 bits per heavy atom. The molecule has 1 aliphatic heterocycles. The molecule has 1 aliphatic rings. The van der Waals surface area contributed by atoms with Crippen LogP contribution in [0.1, 0.15) is 5.56 Å². The van der Waals surface area contributed by atoms with Crippen molar-refractivity contribution in [3.63, 3.8) is 0 Å². The Balaban J connectivity index is 1.95. The minimum atomic E-state index is -4.12. The average Bonchev–Trinajstić information content (AvgIpc) is 2.37. The number of hydrogen-bond donors (Lipinski definition) is 1. The highest BCUT2D eigenvalue weighted by atomic mass is 79.9. The monoisotopic (exact) mass is 351 g/mol. The van der Waals surface area contributed by atoms with Crippen LogP contribution in [-0.4, -0.2) is 43.8 Å². The lowest BCUT2D eigenvalue weighted by Gasteiger charge is -2.36. The average molecular weight is 352 g/mol. The van der Waals surface area contributed by atoms with E-state index in [9.17, 15) is 13.2 Å². The molecule has 0 unspecified atom stereocenters. The van der Waals surface area contributed by atoms with Crippen LogP contribution >= 0.6 is 15.9 Å². The summed E-state index contributed by atoms with van der Waals surface area (Å²) in [5.74, 6) is 0. The molecular weight excluding hydrogens is 335 g/mol. The zero-order valence-corrected chi connectivity index (χ0v) is 12.5. The van der Waals surface area contributed by atoms with Crippen molar-refractivity contribution in [3.8, 4) is 0 Å². The van der Waals surface area contributed by atoms with Crippen molar-refractivity contribution in [2.45, 2.75) is 12.7 Å². The zero-order chi connectivity index (χ0) is 14.8. The van der Waals surface area contributed by atoms with Crippen LogP contribution in [0.4, 0.5) is 18.9 Å². The summed E-state index contributed by atoms with van der Waals surface area (Å²) in [7, 11) is 0. The third kappa shape index (κ3) is 4.10. The number of benzene rings is 1. The van der Waals surface area contributed by atoms with E-state index < -0.39 is 12.7 Å². The van der Waals surface area contributed by atoms with E-state index in [0.717, 1.165) is 15.7 Å². The quantitative estimate of drug-likeness (QED) is 0.908. The summed E-state index contributed by atoms with van der Waals surface area (Å²) in [6.45, 7) is 1.69. The predicted octanol–water partition coefficient (Wildman–Crippen LogP) is 2.59. The number of hydrogen-bond acceptors (Lipinski definition) is 3. The second kappa shape index (κ2) is 6.32. The Kier molecular flexibility index (Phi) is 4.93. The Morgan fingerprint density at radius 2 is 1.80 bits per heavy atom. The summed E-state index contributed by atoms with van der Waals surface area (Å²) in [4.78, 5) is 3.54. The molecule has 0 aromatic heterocycles. The first-order chi connectivity index (χ1) is 9.39. The number of nitrogens with two attached hydrogens (primary N) is 1. The Morgan fingerprint density at radius 1 is 1.15 bits per heavy atom. The van der Waals surface area contributed by atoms with Gasteiger partial charge in [-0.05, 0) is 17.7 Å². The number of anilines is 1. The molecule has 0 radical (unpaired) electrons. The summed E-state index contributed by atoms with van der Waals surface area (Å²) in [5, 5.41) is 0. The van der Waals surface area contributed by atoms with E-state index in [-0.39, 0.29) is 0 Å². The first kappa shape index (κ1) is 15.6. The molecule has 0 saturated carbocycles. The second-order valence-electron chi connectivity index (χ2n) is 4.86. The Bertz CT molecular complexity index is 457. The van der Waals surface area contributed by atoms with Gasteiger partial charge in [-0.25, -0.2) is 0 Å². The van der Waals surface area contributed by atoms with Gasteiger partial charge in [-0.15, -0.1) is 0 Å². The minimum Gasteiger partial charge on any atom is -0.369 e. The van der Waals surface area contributed by atoms with Crippen molar-refractivity contribution in [2.24, 2.45) is 5.73 Å². The van der Waals surface area contributed by atoms with Gasteiger partial charge in [0.2, 0.25) is 0 Å². The molecule has 112 valence electrons. The van der Waals surface area contributed by atoms with Crippen molar-refractivity contribution in [3.05, 3.63) is 28.2 Å². The molecule has 3 nitrogen and oxygen atoms in total. The largest absolute Gasteiger partial charge is 0.401 e. The number of piperazine rings is 1. The summed E-state index contributed by atoms with van der Waals surface area (Å²) in [6.07, 6.45) is -4.12. The Hall–Kier alpha value is -0.790. The molecule has 0 aliphatic carbocycles. The van der Waals surface area contributed by atoms with E-state index in [1.165, 1.54) is 4.90 Å². The molecule has 1 heterocycles. The number of rotatable bonds is 3. The van der Waals surface area contributed by atoms with Crippen molar-refractivity contribution in [1.29, 1.82) is 0 Å². The third-order valence-electron chi connectivity index (χ3n) is 3.40. The molecule has 1 saturated heterocycles. The summed E-state index contributed by atoms with van der Waals surface area (Å²) < 4.78 is 37.9. The van der Waals surface area contributed by atoms with Crippen LogP contribution in [0, 0.1) is 0 Å². The number of alkyl halides is 3. The van der Waals surface area contributed by atoms with Crippen molar-refractivity contribution in [2.75, 3.05) is 37.6 Å². The highest BCUT2D eigenvalue weighted by Gasteiger charge is 2.32. The maximum Gasteiger partial charge on any atom is 0.401 e. The molecule has 2 rings (SSSR count). The van der Waals surface area contributed by atoms with Gasteiger partial charge >= 0.3 is 6.18 Å². The predicted molar refractivity (Wildman–Crippen MR) is 76.7 cm³/mol. The van der Waals surface area contributed by atoms with Crippen molar-refractivity contribution >= 4 is 21.6 Å². The lowest BCUT2D eigenvalue weighted by molar-refractivity contribution is -0.146. The molecular formula is C13H17BrF3N3. The van der Waals surface area contributed by atoms with E-state index in [0.29, 0.717) is 32.7 Å². The molecule has 1 fully saturated rings. The van der Waals surface area contributed by atoms with Gasteiger partial charge in [-0.3, -0.25) is 4.90 Å². The van der Waals surface area contributed by atoms with Gasteiger partial charge in [0.05, 0.1) is 6.54 Å². The third-order valence-corrected chi connectivity index (χ3v) is 4.14. The maximum atomic E-state index is 12.3. The fourth-order valence-corrected chi connectivity index (χ4v) is 2.84. The van der Waals surface area contributed by atoms with Gasteiger partial charge in [-0.2, -0.15) is 13.2 Å². The van der Waals surface area contributed by atoms with E-state index in [2.05, 4.69) is 20.8 Å². The number of halogens is 4. The summed E-state index contributed by atoms with van der Waals surface area (Å²) >= 11 is 3.46. The summed E-state index contributed by atoms with van der Waals surface area (Å²) in [6, 6.07) is 5.88. The standard InChI is InChI=1S/C13H17BrF3N3/c14-12-7-11(2-1-10(12)8-18)20-5-3-19(4-6-20)9-13(15,16)17/h1-2,7H,3-6,8-9,18H2. The van der Waals surface area contributed by atoms with Gasteiger partial charge in [0.15, 0.2) is 0 Å². The molecule has 0 atom stereocenters. The zero-order valence-electron chi connectivity index (χ0n) is 11.0. The molecule has 0 bridgehead atoms. The van der Waals surface area contributed by atoms with Crippen molar-refractivity contribution < 1.29 is 13.2 Å². The Labute approximate surface area is 124 Å². The van der Waals surface area contributed by atoms with Crippen LogP contribution in [0.25, 0.3) is 0 Å². The van der Waals surface area contributed by atoms with Gasteiger partial charge in [0.25, 0.3) is 0 Å². The van der Waals surface area contributed by atoms with E-state index >= 15 is 0 Å². The fourth-order valence-electron chi connectivity index (χ4n) is 2.32. The first-order valence-electron chi connectivity index (χ1n) is 6.41. The van der Waals surface area contributed by atoms with E-state index in [4.69, 9.17) is 5.73 Å². The SMILES string of the molecule is NCc1ccc(N2CCN(CC(F)(F)F)CC2)cc1Br. The van der Waals surface area contributed by atoms with Crippen LogP contribution in [0.5, 0.6) is 0 Å². The second-order valence-corrected chi connectivity index (χ2v) is 5.71. The van der Waals surface area contributed by atoms with Crippen LogP contribution in [0.15, 0.2) is 22.7 Å². The molecule has 7 heteroatoms. The highest BCUT2D eigenvalue weighted by molar-refractivity contribution is 9.10. The maximum absolute atomic E-state index is 12.3. The van der Waals surface area contributed by atoms with Crippen molar-refractivity contribution in [1.82, 2.24) is 4.90 Å². The first-order valence-corrected chi connectivity index (χ1v) is 7.21. The molecule has 2 N–H and O–H groups in total. The van der Waals surface area contributed by atoms with Crippen LogP contribution < -0.4 is 10.6 Å². The van der Waals surface area contributed by atoms with Crippen LogP contribution in [0.3, 0.4) is 0 Å². The minimum absolute atomic E-state index is 0.426. The van der Waals surface area contributed by atoms with Crippen LogP contribution in [0.2, 0.25) is 0 Å². The van der Waals surface area contributed by atoms with Gasteiger partial charge in [0, 0.05) is 42.9 Å². The van der Waals surface area contributed by atoms with E-state index in [1.807, 2.05) is 18.2 Å². The molecule has 20 heavy (non-hydrogen) atoms. The smallest absolute Gasteiger partial charge is 0.369 e. The molecule has 1 aromatic rings. The number of nitrogens with zero attached hydrogens (tertiary/aromatic N) is 2. The normalized spacial score (nSPS) is 17.6. The molecule has 0 spiro atoms. The fraction of sp³-hybridized carbons (Fsp3) is 0.538. The van der Waals surface area contributed by atoms with Gasteiger partial charge < -0.3 is 10.6 Å².